The Balaban J connectivity index is 2.13. The zero-order valence-electron chi connectivity index (χ0n) is 12.0. The molecule has 4 nitrogen and oxygen atoms in total. The lowest BCUT2D eigenvalue weighted by atomic mass is 9.94. The van der Waals surface area contributed by atoms with E-state index in [1.54, 1.807) is 14.2 Å². The van der Waals surface area contributed by atoms with E-state index in [-0.39, 0.29) is 17.9 Å². The second-order valence-corrected chi connectivity index (χ2v) is 5.29. The van der Waals surface area contributed by atoms with Gasteiger partial charge >= 0.3 is 0 Å². The van der Waals surface area contributed by atoms with Gasteiger partial charge in [-0.2, -0.15) is 0 Å². The van der Waals surface area contributed by atoms with Gasteiger partial charge in [0.25, 0.3) is 0 Å². The Labute approximate surface area is 115 Å². The summed E-state index contributed by atoms with van der Waals surface area (Å²) in [7, 11) is 3.32. The van der Waals surface area contributed by atoms with Gasteiger partial charge in [0, 0.05) is 13.7 Å². The molecule has 1 fully saturated rings. The molecule has 1 saturated heterocycles. The van der Waals surface area contributed by atoms with E-state index >= 15 is 0 Å². The molecule has 1 aliphatic carbocycles. The number of hydrogen-bond donors (Lipinski definition) is 0. The minimum Gasteiger partial charge on any atom is -0.500 e. The first-order chi connectivity index (χ1) is 9.17. The molecule has 1 heterocycles. The predicted octanol–water partition coefficient (Wildman–Crippen LogP) is 2.12. The van der Waals surface area contributed by atoms with Crippen LogP contribution in [0.5, 0.6) is 0 Å². The molecule has 1 unspecified atom stereocenters. The maximum atomic E-state index is 12.7. The first-order valence-corrected chi connectivity index (χ1v) is 6.88. The fourth-order valence-corrected chi connectivity index (χ4v) is 2.90. The minimum absolute atomic E-state index is 0.145. The van der Waals surface area contributed by atoms with E-state index in [1.165, 1.54) is 5.57 Å². The molecule has 0 saturated carbocycles. The van der Waals surface area contributed by atoms with E-state index in [1.807, 2.05) is 17.1 Å². The number of hydrogen-bond acceptors (Lipinski definition) is 3. The highest BCUT2D eigenvalue weighted by molar-refractivity contribution is 5.84. The lowest BCUT2D eigenvalue weighted by molar-refractivity contribution is -0.135. The van der Waals surface area contributed by atoms with Crippen LogP contribution in [0, 0.1) is 5.92 Å². The Bertz CT molecular complexity index is 400. The third kappa shape index (κ3) is 3.00. The monoisotopic (exact) mass is 265 g/mol. The fourth-order valence-electron chi connectivity index (χ4n) is 2.90. The summed E-state index contributed by atoms with van der Waals surface area (Å²) in [4.78, 5) is 14.7. The summed E-state index contributed by atoms with van der Waals surface area (Å²) >= 11 is 0. The molecule has 0 bridgehead atoms. The highest BCUT2D eigenvalue weighted by Gasteiger charge is 2.35. The van der Waals surface area contributed by atoms with Crippen LogP contribution in [0.1, 0.15) is 26.2 Å². The van der Waals surface area contributed by atoms with Crippen LogP contribution in [0.3, 0.4) is 0 Å². The quantitative estimate of drug-likeness (QED) is 0.731. The molecular formula is C15H23NO3. The summed E-state index contributed by atoms with van der Waals surface area (Å²) in [5.41, 5.74) is 1.22. The van der Waals surface area contributed by atoms with Crippen molar-refractivity contribution in [2.24, 2.45) is 5.92 Å². The number of nitrogens with zero attached hydrogens (tertiary/aromatic N) is 1. The van der Waals surface area contributed by atoms with Crippen molar-refractivity contribution < 1.29 is 14.3 Å². The SMILES string of the molecule is COC[C@@H]1CCCN1C(=O)C1C=C(C)CC=C1OC. The van der Waals surface area contributed by atoms with Crippen LogP contribution in [-0.2, 0) is 14.3 Å². The van der Waals surface area contributed by atoms with E-state index in [0.29, 0.717) is 6.61 Å². The van der Waals surface area contributed by atoms with E-state index in [4.69, 9.17) is 9.47 Å². The molecule has 0 aromatic rings. The highest BCUT2D eigenvalue weighted by Crippen LogP contribution is 2.28. The van der Waals surface area contributed by atoms with Crippen LogP contribution >= 0.6 is 0 Å². The van der Waals surface area contributed by atoms with E-state index in [0.717, 1.165) is 31.6 Å². The van der Waals surface area contributed by atoms with Gasteiger partial charge in [-0.3, -0.25) is 4.79 Å². The lowest BCUT2D eigenvalue weighted by Crippen LogP contribution is -2.42. The molecule has 1 aliphatic heterocycles. The second kappa shape index (κ2) is 6.24. The van der Waals surface area contributed by atoms with Gasteiger partial charge in [-0.05, 0) is 32.3 Å². The largest absolute Gasteiger partial charge is 0.500 e. The van der Waals surface area contributed by atoms with E-state index in [9.17, 15) is 4.79 Å². The van der Waals surface area contributed by atoms with Gasteiger partial charge in [-0.15, -0.1) is 0 Å². The average molecular weight is 265 g/mol. The molecule has 2 rings (SSSR count). The van der Waals surface area contributed by atoms with Crippen molar-refractivity contribution in [3.63, 3.8) is 0 Å². The fraction of sp³-hybridized carbons (Fsp3) is 0.667. The molecule has 0 aromatic heterocycles. The molecular weight excluding hydrogens is 242 g/mol. The van der Waals surface area contributed by atoms with E-state index in [2.05, 4.69) is 6.92 Å². The van der Waals surface area contributed by atoms with Crippen molar-refractivity contribution in [1.29, 1.82) is 0 Å². The van der Waals surface area contributed by atoms with Crippen molar-refractivity contribution >= 4 is 5.91 Å². The highest BCUT2D eigenvalue weighted by atomic mass is 16.5. The van der Waals surface area contributed by atoms with Crippen molar-refractivity contribution in [2.75, 3.05) is 27.4 Å². The number of methoxy groups -OCH3 is 2. The maximum absolute atomic E-state index is 12.7. The number of carbonyl (C=O) groups is 1. The summed E-state index contributed by atoms with van der Waals surface area (Å²) in [5, 5.41) is 0. The Morgan fingerprint density at radius 2 is 2.26 bits per heavy atom. The summed E-state index contributed by atoms with van der Waals surface area (Å²) in [6.45, 7) is 3.50. The molecule has 1 amide bonds. The predicted molar refractivity (Wildman–Crippen MR) is 73.6 cm³/mol. The third-order valence-corrected chi connectivity index (χ3v) is 3.90. The number of carbonyl (C=O) groups excluding carboxylic acids is 1. The standard InChI is InChI=1S/C15H23NO3/c1-11-6-7-14(19-3)13(9-11)15(17)16-8-4-5-12(16)10-18-2/h7,9,12-13H,4-6,8,10H2,1-3H3/t12-,13?/m0/s1. The number of ether oxygens (including phenoxy) is 2. The first-order valence-electron chi connectivity index (χ1n) is 6.88. The van der Waals surface area contributed by atoms with Crippen molar-refractivity contribution in [1.82, 2.24) is 4.90 Å². The zero-order valence-corrected chi connectivity index (χ0v) is 12.0. The average Bonchev–Trinajstić information content (AvgIpc) is 2.86. The van der Waals surface area contributed by atoms with Gasteiger partial charge in [0.15, 0.2) is 0 Å². The van der Waals surface area contributed by atoms with Crippen molar-refractivity contribution in [3.8, 4) is 0 Å². The molecule has 0 N–H and O–H groups in total. The van der Waals surface area contributed by atoms with Gasteiger partial charge in [-0.1, -0.05) is 11.6 Å². The van der Waals surface area contributed by atoms with Gasteiger partial charge in [0.1, 0.15) is 11.7 Å². The number of amides is 1. The number of likely N-dealkylation sites (tertiary alicyclic amines) is 1. The van der Waals surface area contributed by atoms with Crippen molar-refractivity contribution in [3.05, 3.63) is 23.5 Å². The van der Waals surface area contributed by atoms with Gasteiger partial charge in [0.05, 0.1) is 19.8 Å². The first kappa shape index (κ1) is 14.1. The van der Waals surface area contributed by atoms with Crippen LogP contribution in [0.2, 0.25) is 0 Å². The number of allylic oxidation sites excluding steroid dienone is 2. The summed E-state index contributed by atoms with van der Waals surface area (Å²) in [6, 6.07) is 0.214. The van der Waals surface area contributed by atoms with Crippen LogP contribution in [-0.4, -0.2) is 44.2 Å². The molecule has 4 heteroatoms. The second-order valence-electron chi connectivity index (χ2n) is 5.29. The third-order valence-electron chi connectivity index (χ3n) is 3.90. The van der Waals surface area contributed by atoms with Gasteiger partial charge in [0.2, 0.25) is 5.91 Å². The lowest BCUT2D eigenvalue weighted by Gasteiger charge is -2.29. The Morgan fingerprint density at radius 3 is 2.95 bits per heavy atom. The normalized spacial score (nSPS) is 27.0. The summed E-state index contributed by atoms with van der Waals surface area (Å²) < 4.78 is 10.6. The molecule has 0 radical (unpaired) electrons. The minimum atomic E-state index is -0.254. The Morgan fingerprint density at radius 1 is 1.47 bits per heavy atom. The van der Waals surface area contributed by atoms with Crippen molar-refractivity contribution in [2.45, 2.75) is 32.2 Å². The zero-order chi connectivity index (χ0) is 13.8. The summed E-state index contributed by atoms with van der Waals surface area (Å²) in [6.07, 6.45) is 7.00. The van der Waals surface area contributed by atoms with Gasteiger partial charge < -0.3 is 14.4 Å². The molecule has 19 heavy (non-hydrogen) atoms. The van der Waals surface area contributed by atoms with Crippen LogP contribution in [0.4, 0.5) is 0 Å². The molecule has 2 atom stereocenters. The van der Waals surface area contributed by atoms with Crippen LogP contribution < -0.4 is 0 Å². The van der Waals surface area contributed by atoms with Crippen LogP contribution in [0.15, 0.2) is 23.5 Å². The molecule has 2 aliphatic rings. The van der Waals surface area contributed by atoms with E-state index < -0.39 is 0 Å². The Kier molecular flexibility index (Phi) is 4.64. The molecule has 0 aromatic carbocycles. The van der Waals surface area contributed by atoms with Crippen LogP contribution in [0.25, 0.3) is 0 Å². The molecule has 0 spiro atoms. The maximum Gasteiger partial charge on any atom is 0.237 e. The van der Waals surface area contributed by atoms with Gasteiger partial charge in [-0.25, -0.2) is 0 Å². The Hall–Kier alpha value is -1.29. The topological polar surface area (TPSA) is 38.8 Å². The number of rotatable bonds is 4. The smallest absolute Gasteiger partial charge is 0.237 e. The molecule has 106 valence electrons. The summed E-state index contributed by atoms with van der Waals surface area (Å²) in [5.74, 6) is 0.668.